The lowest BCUT2D eigenvalue weighted by Gasteiger charge is -2.02. The molecule has 0 fully saturated rings. The van der Waals surface area contributed by atoms with Crippen molar-refractivity contribution in [1.82, 2.24) is 0 Å². The monoisotopic (exact) mass is 182 g/mol. The molecule has 70 valence electrons. The number of nitrogen functional groups attached to an aromatic ring is 1. The number of phenols is 1. The van der Waals surface area contributed by atoms with Crippen LogP contribution < -0.4 is 5.73 Å². The van der Waals surface area contributed by atoms with Gasteiger partial charge in [-0.2, -0.15) is 0 Å². The third kappa shape index (κ3) is 2.62. The number of nitrogens with zero attached hydrogens (tertiary/aromatic N) is 1. The molecule has 0 aromatic heterocycles. The number of benzene rings is 1. The van der Waals surface area contributed by atoms with Crippen molar-refractivity contribution in [2.75, 3.05) is 12.3 Å². The normalized spacial score (nSPS) is 9.85. The molecule has 0 bridgehead atoms. The SMILES string of the molecule is Nc1ccc(O)cc1CC[N+](=O)[O-]. The molecule has 0 heterocycles. The number of aromatic hydroxyl groups is 1. The standard InChI is InChI=1S/C8H10N2O3/c9-8-2-1-7(11)5-6(8)3-4-10(12)13/h1-2,5,11H,3-4,9H2. The summed E-state index contributed by atoms with van der Waals surface area (Å²) in [6.07, 6.45) is 0.243. The molecule has 0 aliphatic heterocycles. The van der Waals surface area contributed by atoms with E-state index in [0.29, 0.717) is 11.3 Å². The molecule has 0 saturated carbocycles. The molecule has 0 aliphatic carbocycles. The van der Waals surface area contributed by atoms with Gasteiger partial charge in [0, 0.05) is 17.0 Å². The van der Waals surface area contributed by atoms with Gasteiger partial charge in [0.2, 0.25) is 6.54 Å². The second-order valence-corrected chi connectivity index (χ2v) is 2.69. The molecular formula is C8H10N2O3. The summed E-state index contributed by atoms with van der Waals surface area (Å²) in [6, 6.07) is 4.43. The summed E-state index contributed by atoms with van der Waals surface area (Å²) in [7, 11) is 0. The van der Waals surface area contributed by atoms with Gasteiger partial charge in [-0.25, -0.2) is 0 Å². The minimum atomic E-state index is -0.413. The highest BCUT2D eigenvalue weighted by molar-refractivity contribution is 5.50. The summed E-state index contributed by atoms with van der Waals surface area (Å²) < 4.78 is 0. The van der Waals surface area contributed by atoms with Crippen LogP contribution in [-0.4, -0.2) is 16.6 Å². The Labute approximate surface area is 74.9 Å². The zero-order valence-electron chi connectivity index (χ0n) is 6.93. The summed E-state index contributed by atoms with van der Waals surface area (Å²) in [4.78, 5) is 9.66. The highest BCUT2D eigenvalue weighted by Crippen LogP contribution is 2.18. The van der Waals surface area contributed by atoms with Crippen LogP contribution in [-0.2, 0) is 6.42 Å². The van der Waals surface area contributed by atoms with E-state index in [1.807, 2.05) is 0 Å². The highest BCUT2D eigenvalue weighted by atomic mass is 16.6. The summed E-state index contributed by atoms with van der Waals surface area (Å²) in [6.45, 7) is -0.173. The van der Waals surface area contributed by atoms with Gasteiger partial charge in [0.05, 0.1) is 0 Å². The van der Waals surface area contributed by atoms with Crippen LogP contribution in [0.1, 0.15) is 5.56 Å². The van der Waals surface area contributed by atoms with Crippen LogP contribution >= 0.6 is 0 Å². The molecule has 0 spiro atoms. The van der Waals surface area contributed by atoms with E-state index in [2.05, 4.69) is 0 Å². The lowest BCUT2D eigenvalue weighted by atomic mass is 10.1. The molecule has 0 aliphatic rings. The van der Waals surface area contributed by atoms with Gasteiger partial charge in [-0.1, -0.05) is 0 Å². The predicted molar refractivity (Wildman–Crippen MR) is 48.1 cm³/mol. The number of anilines is 1. The average molecular weight is 182 g/mol. The van der Waals surface area contributed by atoms with Gasteiger partial charge < -0.3 is 10.8 Å². The number of rotatable bonds is 3. The number of hydrogen-bond donors (Lipinski definition) is 2. The van der Waals surface area contributed by atoms with Crippen LogP contribution in [0.4, 0.5) is 5.69 Å². The van der Waals surface area contributed by atoms with Gasteiger partial charge in [0.15, 0.2) is 0 Å². The topological polar surface area (TPSA) is 89.4 Å². The van der Waals surface area contributed by atoms with Gasteiger partial charge in [0.25, 0.3) is 0 Å². The number of phenolic OH excluding ortho intramolecular Hbond substituents is 1. The Kier molecular flexibility index (Phi) is 2.69. The first kappa shape index (κ1) is 9.31. The second kappa shape index (κ2) is 3.75. The smallest absolute Gasteiger partial charge is 0.207 e. The Morgan fingerprint density at radius 2 is 2.23 bits per heavy atom. The molecule has 1 rings (SSSR count). The quantitative estimate of drug-likeness (QED) is 0.313. The van der Waals surface area contributed by atoms with Crippen molar-refractivity contribution in [1.29, 1.82) is 0 Å². The maximum Gasteiger partial charge on any atom is 0.207 e. The fraction of sp³-hybridized carbons (Fsp3) is 0.250. The van der Waals surface area contributed by atoms with Gasteiger partial charge in [-0.05, 0) is 23.8 Å². The van der Waals surface area contributed by atoms with Gasteiger partial charge in [-0.3, -0.25) is 10.1 Å². The molecular weight excluding hydrogens is 172 g/mol. The van der Waals surface area contributed by atoms with E-state index in [0.717, 1.165) is 0 Å². The third-order valence-corrected chi connectivity index (χ3v) is 1.69. The fourth-order valence-electron chi connectivity index (χ4n) is 1.02. The lowest BCUT2D eigenvalue weighted by Crippen LogP contribution is -2.05. The van der Waals surface area contributed by atoms with E-state index < -0.39 is 4.92 Å². The van der Waals surface area contributed by atoms with Gasteiger partial charge in [-0.15, -0.1) is 0 Å². The minimum absolute atomic E-state index is 0.0764. The van der Waals surface area contributed by atoms with Crippen LogP contribution in [0, 0.1) is 10.1 Å². The Bertz CT molecular complexity index is 325. The van der Waals surface area contributed by atoms with Crippen LogP contribution in [0.15, 0.2) is 18.2 Å². The van der Waals surface area contributed by atoms with Crippen LogP contribution in [0.5, 0.6) is 5.75 Å². The highest BCUT2D eigenvalue weighted by Gasteiger charge is 2.04. The van der Waals surface area contributed by atoms with E-state index in [9.17, 15) is 10.1 Å². The molecule has 1 aromatic rings. The molecule has 1 aromatic carbocycles. The van der Waals surface area contributed by atoms with E-state index in [1.54, 1.807) is 0 Å². The summed E-state index contributed by atoms with van der Waals surface area (Å²) >= 11 is 0. The van der Waals surface area contributed by atoms with Crippen molar-refractivity contribution in [3.63, 3.8) is 0 Å². The van der Waals surface area contributed by atoms with E-state index in [1.165, 1.54) is 18.2 Å². The Hall–Kier alpha value is -1.78. The van der Waals surface area contributed by atoms with Crippen LogP contribution in [0.3, 0.4) is 0 Å². The Morgan fingerprint density at radius 1 is 1.54 bits per heavy atom. The van der Waals surface area contributed by atoms with Crippen molar-refractivity contribution < 1.29 is 10.0 Å². The molecule has 5 nitrogen and oxygen atoms in total. The van der Waals surface area contributed by atoms with E-state index in [-0.39, 0.29) is 18.7 Å². The van der Waals surface area contributed by atoms with Crippen molar-refractivity contribution in [3.05, 3.63) is 33.9 Å². The lowest BCUT2D eigenvalue weighted by molar-refractivity contribution is -0.479. The molecule has 0 radical (unpaired) electrons. The molecule has 13 heavy (non-hydrogen) atoms. The summed E-state index contributed by atoms with van der Waals surface area (Å²) in [5.41, 5.74) is 6.62. The van der Waals surface area contributed by atoms with E-state index >= 15 is 0 Å². The minimum Gasteiger partial charge on any atom is -0.508 e. The number of nitro groups is 1. The summed E-state index contributed by atoms with van der Waals surface area (Å²) in [5.74, 6) is 0.0764. The molecule has 3 N–H and O–H groups in total. The first-order chi connectivity index (χ1) is 6.09. The van der Waals surface area contributed by atoms with E-state index in [4.69, 9.17) is 10.8 Å². The fourth-order valence-corrected chi connectivity index (χ4v) is 1.02. The zero-order chi connectivity index (χ0) is 9.84. The Morgan fingerprint density at radius 3 is 2.85 bits per heavy atom. The van der Waals surface area contributed by atoms with Crippen molar-refractivity contribution in [2.45, 2.75) is 6.42 Å². The molecule has 5 heteroatoms. The van der Waals surface area contributed by atoms with Crippen LogP contribution in [0.25, 0.3) is 0 Å². The van der Waals surface area contributed by atoms with Gasteiger partial charge in [0.1, 0.15) is 5.75 Å². The summed E-state index contributed by atoms with van der Waals surface area (Å²) in [5, 5.41) is 19.1. The number of nitrogens with two attached hydrogens (primary N) is 1. The molecule has 0 atom stereocenters. The van der Waals surface area contributed by atoms with Crippen molar-refractivity contribution in [3.8, 4) is 5.75 Å². The molecule has 0 amide bonds. The van der Waals surface area contributed by atoms with Gasteiger partial charge >= 0.3 is 0 Å². The molecule has 0 saturated heterocycles. The number of hydrogen-bond acceptors (Lipinski definition) is 4. The average Bonchev–Trinajstić information content (AvgIpc) is 2.06. The van der Waals surface area contributed by atoms with Crippen molar-refractivity contribution >= 4 is 5.69 Å². The second-order valence-electron chi connectivity index (χ2n) is 2.69. The third-order valence-electron chi connectivity index (χ3n) is 1.69. The van der Waals surface area contributed by atoms with Crippen LogP contribution in [0.2, 0.25) is 0 Å². The maximum absolute atomic E-state index is 10.1. The maximum atomic E-state index is 10.1. The first-order valence-electron chi connectivity index (χ1n) is 3.79. The zero-order valence-corrected chi connectivity index (χ0v) is 6.93. The largest absolute Gasteiger partial charge is 0.508 e. The Balaban J connectivity index is 2.75. The first-order valence-corrected chi connectivity index (χ1v) is 3.79. The van der Waals surface area contributed by atoms with Crippen molar-refractivity contribution in [2.24, 2.45) is 0 Å². The molecule has 0 unspecified atom stereocenters. The predicted octanol–water partition coefficient (Wildman–Crippen LogP) is 0.794.